The molecule has 0 aliphatic rings. The van der Waals surface area contributed by atoms with Crippen LogP contribution >= 0.6 is 11.3 Å². The Morgan fingerprint density at radius 3 is 3.18 bits per heavy atom. The molecule has 2 heterocycles. The highest BCUT2D eigenvalue weighted by Gasteiger charge is 2.09. The van der Waals surface area contributed by atoms with Gasteiger partial charge in [-0.15, -0.1) is 0 Å². The van der Waals surface area contributed by atoms with Crippen molar-refractivity contribution < 1.29 is 4.79 Å². The summed E-state index contributed by atoms with van der Waals surface area (Å²) in [4.78, 5) is 18.2. The highest BCUT2D eigenvalue weighted by Crippen LogP contribution is 2.17. The molecule has 0 radical (unpaired) electrons. The fourth-order valence-corrected chi connectivity index (χ4v) is 2.23. The third kappa shape index (κ3) is 2.59. The van der Waals surface area contributed by atoms with Crippen LogP contribution in [0.15, 0.2) is 37.3 Å². The standard InChI is InChI=1S/C11H12N4OS/c1-3-10(16)14(2)8-9-7-12-11(17-9)15-6-4-5-13-15/h3-7H,1,8H2,2H3. The SMILES string of the molecule is C=CC(=O)N(C)Cc1cnc(-n2cccn2)s1. The fraction of sp³-hybridized carbons (Fsp3) is 0.182. The second-order valence-corrected chi connectivity index (χ2v) is 4.55. The van der Waals surface area contributed by atoms with Crippen molar-refractivity contribution in [3.05, 3.63) is 42.2 Å². The Balaban J connectivity index is 2.09. The van der Waals surface area contributed by atoms with Crippen LogP contribution in [0.2, 0.25) is 0 Å². The third-order valence-electron chi connectivity index (χ3n) is 2.19. The first kappa shape index (κ1) is 11.5. The number of aromatic nitrogens is 3. The Labute approximate surface area is 103 Å². The van der Waals surface area contributed by atoms with Gasteiger partial charge in [-0.1, -0.05) is 17.9 Å². The van der Waals surface area contributed by atoms with Crippen LogP contribution in [0, 0.1) is 0 Å². The average molecular weight is 248 g/mol. The summed E-state index contributed by atoms with van der Waals surface area (Å²) in [6.45, 7) is 3.98. The Bertz CT molecular complexity index is 517. The molecule has 0 fully saturated rings. The van der Waals surface area contributed by atoms with Crippen molar-refractivity contribution in [3.8, 4) is 5.13 Å². The first-order chi connectivity index (χ1) is 8.20. The van der Waals surface area contributed by atoms with E-state index in [2.05, 4.69) is 16.7 Å². The zero-order valence-corrected chi connectivity index (χ0v) is 10.2. The number of hydrogen-bond donors (Lipinski definition) is 0. The number of hydrogen-bond acceptors (Lipinski definition) is 4. The van der Waals surface area contributed by atoms with Gasteiger partial charge >= 0.3 is 0 Å². The van der Waals surface area contributed by atoms with Crippen molar-refractivity contribution in [2.45, 2.75) is 6.54 Å². The molecule has 88 valence electrons. The molecule has 2 aromatic rings. The fourth-order valence-electron chi connectivity index (χ4n) is 1.33. The summed E-state index contributed by atoms with van der Waals surface area (Å²) >= 11 is 1.51. The number of rotatable bonds is 4. The number of thiazole rings is 1. The summed E-state index contributed by atoms with van der Waals surface area (Å²) in [5, 5.41) is 4.89. The van der Waals surface area contributed by atoms with Crippen LogP contribution in [0.25, 0.3) is 5.13 Å². The minimum absolute atomic E-state index is 0.0981. The van der Waals surface area contributed by atoms with E-state index in [0.717, 1.165) is 10.0 Å². The van der Waals surface area contributed by atoms with E-state index in [9.17, 15) is 4.79 Å². The molecule has 0 saturated heterocycles. The average Bonchev–Trinajstić information content (AvgIpc) is 2.97. The number of carbonyl (C=O) groups excluding carboxylic acids is 1. The summed E-state index contributed by atoms with van der Waals surface area (Å²) < 4.78 is 1.70. The van der Waals surface area contributed by atoms with Gasteiger partial charge < -0.3 is 4.90 Å². The highest BCUT2D eigenvalue weighted by atomic mass is 32.1. The predicted octanol–water partition coefficient (Wildman–Crippen LogP) is 1.47. The minimum atomic E-state index is -0.0981. The largest absolute Gasteiger partial charge is 0.337 e. The van der Waals surface area contributed by atoms with Crippen LogP contribution in [0.4, 0.5) is 0 Å². The lowest BCUT2D eigenvalue weighted by molar-refractivity contribution is -0.125. The van der Waals surface area contributed by atoms with Gasteiger partial charge in [0, 0.05) is 30.5 Å². The zero-order chi connectivity index (χ0) is 12.3. The Morgan fingerprint density at radius 1 is 1.71 bits per heavy atom. The molecule has 0 unspecified atom stereocenters. The van der Waals surface area contributed by atoms with E-state index in [1.54, 1.807) is 29.0 Å². The summed E-state index contributed by atoms with van der Waals surface area (Å²) in [7, 11) is 1.73. The number of nitrogens with zero attached hydrogens (tertiary/aromatic N) is 4. The summed E-state index contributed by atoms with van der Waals surface area (Å²) in [6.07, 6.45) is 6.60. The van der Waals surface area contributed by atoms with Gasteiger partial charge in [0.2, 0.25) is 11.0 Å². The predicted molar refractivity (Wildman–Crippen MR) is 65.9 cm³/mol. The summed E-state index contributed by atoms with van der Waals surface area (Å²) in [5.41, 5.74) is 0. The van der Waals surface area contributed by atoms with Crippen LogP contribution in [0.1, 0.15) is 4.88 Å². The Hall–Kier alpha value is -1.95. The van der Waals surface area contributed by atoms with E-state index in [1.165, 1.54) is 17.4 Å². The van der Waals surface area contributed by atoms with Gasteiger partial charge in [0.05, 0.1) is 6.54 Å². The molecule has 0 saturated carbocycles. The van der Waals surface area contributed by atoms with Gasteiger partial charge in [-0.25, -0.2) is 9.67 Å². The quantitative estimate of drug-likeness (QED) is 0.770. The number of likely N-dealkylation sites (N-methyl/N-ethyl adjacent to an activating group) is 1. The lowest BCUT2D eigenvalue weighted by Crippen LogP contribution is -2.23. The van der Waals surface area contributed by atoms with Crippen molar-refractivity contribution in [1.29, 1.82) is 0 Å². The zero-order valence-electron chi connectivity index (χ0n) is 9.41. The molecule has 0 N–H and O–H groups in total. The van der Waals surface area contributed by atoms with E-state index in [-0.39, 0.29) is 5.91 Å². The molecule has 2 rings (SSSR count). The summed E-state index contributed by atoms with van der Waals surface area (Å²) in [6, 6.07) is 1.84. The van der Waals surface area contributed by atoms with Gasteiger partial charge in [0.25, 0.3) is 0 Å². The van der Waals surface area contributed by atoms with Gasteiger partial charge in [-0.3, -0.25) is 4.79 Å². The van der Waals surface area contributed by atoms with E-state index in [4.69, 9.17) is 0 Å². The van der Waals surface area contributed by atoms with E-state index in [0.29, 0.717) is 6.54 Å². The monoisotopic (exact) mass is 248 g/mol. The van der Waals surface area contributed by atoms with Crippen molar-refractivity contribution in [3.63, 3.8) is 0 Å². The number of carbonyl (C=O) groups is 1. The molecule has 0 spiro atoms. The second-order valence-electron chi connectivity index (χ2n) is 3.46. The van der Waals surface area contributed by atoms with Gasteiger partial charge in [-0.05, 0) is 12.1 Å². The van der Waals surface area contributed by atoms with Gasteiger partial charge in [-0.2, -0.15) is 5.10 Å². The second kappa shape index (κ2) is 4.92. The molecule has 0 atom stereocenters. The first-order valence-electron chi connectivity index (χ1n) is 5.03. The van der Waals surface area contributed by atoms with E-state index >= 15 is 0 Å². The molecule has 2 aromatic heterocycles. The van der Waals surface area contributed by atoms with Crippen LogP contribution in [0.3, 0.4) is 0 Å². The summed E-state index contributed by atoms with van der Waals surface area (Å²) in [5.74, 6) is -0.0981. The molecule has 1 amide bonds. The first-order valence-corrected chi connectivity index (χ1v) is 5.84. The molecular weight excluding hydrogens is 236 g/mol. The van der Waals surface area contributed by atoms with Crippen LogP contribution in [0.5, 0.6) is 0 Å². The maximum Gasteiger partial charge on any atom is 0.246 e. The lowest BCUT2D eigenvalue weighted by Gasteiger charge is -2.12. The van der Waals surface area contributed by atoms with Gasteiger partial charge in [0.15, 0.2) is 0 Å². The smallest absolute Gasteiger partial charge is 0.246 e. The lowest BCUT2D eigenvalue weighted by atomic mass is 10.4. The highest BCUT2D eigenvalue weighted by molar-refractivity contribution is 7.14. The van der Waals surface area contributed by atoms with Crippen LogP contribution < -0.4 is 0 Å². The van der Waals surface area contributed by atoms with Crippen molar-refractivity contribution >= 4 is 17.2 Å². The Kier molecular flexibility index (Phi) is 3.34. The van der Waals surface area contributed by atoms with Gasteiger partial charge in [0.1, 0.15) is 0 Å². The van der Waals surface area contributed by atoms with Crippen molar-refractivity contribution in [2.24, 2.45) is 0 Å². The molecule has 5 nitrogen and oxygen atoms in total. The molecule has 0 bridgehead atoms. The Morgan fingerprint density at radius 2 is 2.53 bits per heavy atom. The third-order valence-corrected chi connectivity index (χ3v) is 3.16. The van der Waals surface area contributed by atoms with Crippen molar-refractivity contribution in [1.82, 2.24) is 19.7 Å². The normalized spacial score (nSPS) is 10.2. The van der Waals surface area contributed by atoms with Crippen LogP contribution in [-0.2, 0) is 11.3 Å². The maximum absolute atomic E-state index is 11.3. The molecular formula is C11H12N4OS. The number of amides is 1. The van der Waals surface area contributed by atoms with E-state index in [1.807, 2.05) is 12.3 Å². The van der Waals surface area contributed by atoms with Crippen LogP contribution in [-0.4, -0.2) is 32.6 Å². The van der Waals surface area contributed by atoms with Crippen molar-refractivity contribution in [2.75, 3.05) is 7.05 Å². The minimum Gasteiger partial charge on any atom is -0.337 e. The maximum atomic E-state index is 11.3. The molecule has 0 aliphatic carbocycles. The molecule has 6 heteroatoms. The molecule has 0 aliphatic heterocycles. The molecule has 17 heavy (non-hydrogen) atoms. The topological polar surface area (TPSA) is 51.0 Å². The molecule has 0 aromatic carbocycles. The van der Waals surface area contributed by atoms with E-state index < -0.39 is 0 Å².